The van der Waals surface area contributed by atoms with E-state index in [1.807, 2.05) is 6.20 Å². The summed E-state index contributed by atoms with van der Waals surface area (Å²) in [5.41, 5.74) is 2.42. The molecule has 0 unspecified atom stereocenters. The van der Waals surface area contributed by atoms with Gasteiger partial charge in [-0.3, -0.25) is 4.98 Å². The summed E-state index contributed by atoms with van der Waals surface area (Å²) < 4.78 is 0. The number of rotatable bonds is 5. The van der Waals surface area contributed by atoms with Gasteiger partial charge in [0, 0.05) is 18.5 Å². The summed E-state index contributed by atoms with van der Waals surface area (Å²) in [5.74, 6) is 0.501. The fraction of sp³-hybridized carbons (Fsp3) is 0.583. The minimum Gasteiger partial charge on any atom is -0.396 e. The third-order valence-corrected chi connectivity index (χ3v) is 2.31. The minimum absolute atomic E-state index is 0.289. The topological polar surface area (TPSA) is 33.1 Å². The molecule has 1 rings (SSSR count). The molecule has 1 N–H and O–H groups in total. The van der Waals surface area contributed by atoms with E-state index < -0.39 is 0 Å². The first kappa shape index (κ1) is 11.2. The van der Waals surface area contributed by atoms with Crippen LogP contribution in [0.1, 0.15) is 43.9 Å². The summed E-state index contributed by atoms with van der Waals surface area (Å²) in [6, 6.07) is 4.23. The quantitative estimate of drug-likeness (QED) is 0.729. The maximum Gasteiger partial charge on any atom is 0.0431 e. The Kier molecular flexibility index (Phi) is 4.60. The van der Waals surface area contributed by atoms with Gasteiger partial charge in [0.2, 0.25) is 0 Å². The number of unbranched alkanes of at least 4 members (excludes halogenated alkanes) is 1. The van der Waals surface area contributed by atoms with Gasteiger partial charge in [-0.25, -0.2) is 0 Å². The molecule has 0 saturated carbocycles. The van der Waals surface area contributed by atoms with Crippen LogP contribution >= 0.6 is 0 Å². The van der Waals surface area contributed by atoms with Gasteiger partial charge >= 0.3 is 0 Å². The van der Waals surface area contributed by atoms with E-state index in [1.165, 1.54) is 5.56 Å². The van der Waals surface area contributed by atoms with E-state index in [0.717, 1.165) is 25.0 Å². The second kappa shape index (κ2) is 5.76. The average molecular weight is 193 g/mol. The maximum atomic E-state index is 8.65. The van der Waals surface area contributed by atoms with E-state index in [2.05, 4.69) is 31.0 Å². The lowest BCUT2D eigenvalue weighted by molar-refractivity contribution is 0.284. The normalized spacial score (nSPS) is 10.9. The van der Waals surface area contributed by atoms with Crippen LogP contribution in [0.15, 0.2) is 18.3 Å². The molecule has 0 aromatic carbocycles. The van der Waals surface area contributed by atoms with Crippen molar-refractivity contribution in [1.29, 1.82) is 0 Å². The number of aliphatic hydroxyl groups excluding tert-OH is 1. The van der Waals surface area contributed by atoms with Gasteiger partial charge in [-0.1, -0.05) is 19.9 Å². The van der Waals surface area contributed by atoms with Gasteiger partial charge in [-0.05, 0) is 36.8 Å². The van der Waals surface area contributed by atoms with E-state index >= 15 is 0 Å². The molecule has 0 aliphatic rings. The van der Waals surface area contributed by atoms with Crippen molar-refractivity contribution < 1.29 is 5.11 Å². The number of hydrogen-bond acceptors (Lipinski definition) is 2. The van der Waals surface area contributed by atoms with Gasteiger partial charge in [-0.2, -0.15) is 0 Å². The number of hydrogen-bond donors (Lipinski definition) is 1. The van der Waals surface area contributed by atoms with Crippen LogP contribution < -0.4 is 0 Å². The summed E-state index contributed by atoms with van der Waals surface area (Å²) in [7, 11) is 0. The molecule has 1 aromatic heterocycles. The lowest BCUT2D eigenvalue weighted by Crippen LogP contribution is -1.94. The van der Waals surface area contributed by atoms with Crippen molar-refractivity contribution in [2.24, 2.45) is 0 Å². The highest BCUT2D eigenvalue weighted by molar-refractivity contribution is 5.16. The molecule has 14 heavy (non-hydrogen) atoms. The van der Waals surface area contributed by atoms with Crippen LogP contribution in [0.5, 0.6) is 0 Å². The highest BCUT2D eigenvalue weighted by atomic mass is 16.2. The summed E-state index contributed by atoms with van der Waals surface area (Å²) in [6.45, 7) is 4.58. The van der Waals surface area contributed by atoms with Gasteiger partial charge in [0.05, 0.1) is 0 Å². The van der Waals surface area contributed by atoms with Crippen LogP contribution in [0, 0.1) is 0 Å². The number of aliphatic hydroxyl groups is 1. The van der Waals surface area contributed by atoms with Crippen molar-refractivity contribution in [1.82, 2.24) is 4.98 Å². The fourth-order valence-electron chi connectivity index (χ4n) is 1.37. The van der Waals surface area contributed by atoms with E-state index in [4.69, 9.17) is 5.11 Å². The Balaban J connectivity index is 2.47. The Labute approximate surface area is 86.0 Å². The molecule has 0 radical (unpaired) electrons. The standard InChI is InChI=1S/C12H19NO/c1-10(2)12-7-6-11(9-13-12)5-3-4-8-14/h6-7,9-10,14H,3-5,8H2,1-2H3. The van der Waals surface area contributed by atoms with Gasteiger partial charge in [0.25, 0.3) is 0 Å². The largest absolute Gasteiger partial charge is 0.396 e. The molecule has 0 spiro atoms. The van der Waals surface area contributed by atoms with Crippen LogP contribution in [0.4, 0.5) is 0 Å². The number of pyridine rings is 1. The lowest BCUT2D eigenvalue weighted by atomic mass is 10.1. The van der Waals surface area contributed by atoms with Crippen LogP contribution in [-0.4, -0.2) is 16.7 Å². The molecule has 0 aliphatic heterocycles. The number of aryl methyl sites for hydroxylation is 1. The Morgan fingerprint density at radius 1 is 1.29 bits per heavy atom. The summed E-state index contributed by atoms with van der Waals surface area (Å²) in [4.78, 5) is 4.39. The molecule has 0 fully saturated rings. The Bertz CT molecular complexity index is 254. The molecular formula is C12H19NO. The predicted octanol–water partition coefficient (Wildman–Crippen LogP) is 2.52. The SMILES string of the molecule is CC(C)c1ccc(CCCCO)cn1. The average Bonchev–Trinajstić information content (AvgIpc) is 2.19. The van der Waals surface area contributed by atoms with Crippen molar-refractivity contribution in [3.05, 3.63) is 29.6 Å². The lowest BCUT2D eigenvalue weighted by Gasteiger charge is -2.05. The molecule has 0 aliphatic carbocycles. The van der Waals surface area contributed by atoms with E-state index in [1.54, 1.807) is 0 Å². The van der Waals surface area contributed by atoms with Crippen molar-refractivity contribution in [3.63, 3.8) is 0 Å². The summed E-state index contributed by atoms with van der Waals surface area (Å²) >= 11 is 0. The monoisotopic (exact) mass is 193 g/mol. The van der Waals surface area contributed by atoms with E-state index in [9.17, 15) is 0 Å². The van der Waals surface area contributed by atoms with Crippen LogP contribution in [0.2, 0.25) is 0 Å². The van der Waals surface area contributed by atoms with Gasteiger partial charge in [0.15, 0.2) is 0 Å². The highest BCUT2D eigenvalue weighted by Crippen LogP contribution is 2.12. The molecule has 78 valence electrons. The van der Waals surface area contributed by atoms with Crippen molar-refractivity contribution in [3.8, 4) is 0 Å². The van der Waals surface area contributed by atoms with Gasteiger partial charge < -0.3 is 5.11 Å². The first-order valence-electron chi connectivity index (χ1n) is 5.29. The Morgan fingerprint density at radius 3 is 2.57 bits per heavy atom. The summed E-state index contributed by atoms with van der Waals surface area (Å²) in [6.07, 6.45) is 4.89. The molecular weight excluding hydrogens is 174 g/mol. The third-order valence-electron chi connectivity index (χ3n) is 2.31. The molecule has 0 amide bonds. The second-order valence-corrected chi connectivity index (χ2v) is 3.93. The highest BCUT2D eigenvalue weighted by Gasteiger charge is 2.00. The Morgan fingerprint density at radius 2 is 2.07 bits per heavy atom. The maximum absolute atomic E-state index is 8.65. The molecule has 0 atom stereocenters. The smallest absolute Gasteiger partial charge is 0.0431 e. The van der Waals surface area contributed by atoms with E-state index in [-0.39, 0.29) is 6.61 Å². The molecule has 1 heterocycles. The molecule has 0 saturated heterocycles. The minimum atomic E-state index is 0.289. The molecule has 2 heteroatoms. The van der Waals surface area contributed by atoms with Gasteiger partial charge in [0.1, 0.15) is 0 Å². The number of aromatic nitrogens is 1. The Hall–Kier alpha value is -0.890. The fourth-order valence-corrected chi connectivity index (χ4v) is 1.37. The zero-order valence-corrected chi connectivity index (χ0v) is 9.03. The van der Waals surface area contributed by atoms with Gasteiger partial charge in [-0.15, -0.1) is 0 Å². The van der Waals surface area contributed by atoms with Crippen molar-refractivity contribution in [2.45, 2.75) is 39.0 Å². The molecule has 0 bridgehead atoms. The van der Waals surface area contributed by atoms with Crippen molar-refractivity contribution in [2.75, 3.05) is 6.61 Å². The summed E-state index contributed by atoms with van der Waals surface area (Å²) in [5, 5.41) is 8.65. The third kappa shape index (κ3) is 3.46. The van der Waals surface area contributed by atoms with Crippen LogP contribution in [-0.2, 0) is 6.42 Å². The van der Waals surface area contributed by atoms with Crippen LogP contribution in [0.25, 0.3) is 0 Å². The molecule has 2 nitrogen and oxygen atoms in total. The van der Waals surface area contributed by atoms with E-state index in [0.29, 0.717) is 5.92 Å². The number of nitrogens with zero attached hydrogens (tertiary/aromatic N) is 1. The molecule has 1 aromatic rings. The second-order valence-electron chi connectivity index (χ2n) is 3.93. The van der Waals surface area contributed by atoms with Crippen LogP contribution in [0.3, 0.4) is 0 Å². The zero-order valence-electron chi connectivity index (χ0n) is 9.03. The van der Waals surface area contributed by atoms with Crippen molar-refractivity contribution >= 4 is 0 Å². The zero-order chi connectivity index (χ0) is 10.4. The first-order chi connectivity index (χ1) is 6.74. The first-order valence-corrected chi connectivity index (χ1v) is 5.29. The predicted molar refractivity (Wildman–Crippen MR) is 58.3 cm³/mol.